The van der Waals surface area contributed by atoms with Gasteiger partial charge in [0.2, 0.25) is 0 Å². The van der Waals surface area contributed by atoms with Crippen LogP contribution in [0.4, 0.5) is 0 Å². The number of nitrogens with one attached hydrogen (secondary N) is 1. The molecule has 2 nitrogen and oxygen atoms in total. The second-order valence-corrected chi connectivity index (χ2v) is 7.50. The predicted octanol–water partition coefficient (Wildman–Crippen LogP) is 5.41. The molecule has 0 bridgehead atoms. The van der Waals surface area contributed by atoms with Crippen molar-refractivity contribution < 1.29 is 4.42 Å². The van der Waals surface area contributed by atoms with Gasteiger partial charge in [0, 0.05) is 21.0 Å². The van der Waals surface area contributed by atoms with E-state index in [1.54, 1.807) is 0 Å². The van der Waals surface area contributed by atoms with Crippen molar-refractivity contribution in [2.75, 3.05) is 0 Å². The van der Waals surface area contributed by atoms with Crippen molar-refractivity contribution in [2.24, 2.45) is 0 Å². The van der Waals surface area contributed by atoms with E-state index in [0.717, 1.165) is 33.3 Å². The smallest absolute Gasteiger partial charge is 0.148 e. The fourth-order valence-electron chi connectivity index (χ4n) is 2.10. The van der Waals surface area contributed by atoms with E-state index in [4.69, 9.17) is 4.42 Å². The van der Waals surface area contributed by atoms with E-state index < -0.39 is 0 Å². The van der Waals surface area contributed by atoms with E-state index in [1.165, 1.54) is 10.9 Å². The molecule has 0 amide bonds. The van der Waals surface area contributed by atoms with Gasteiger partial charge in [-0.05, 0) is 55.3 Å². The normalized spacial score (nSPS) is 12.3. The molecule has 2 aromatic rings. The first-order valence-corrected chi connectivity index (χ1v) is 8.04. The summed E-state index contributed by atoms with van der Waals surface area (Å²) in [5, 5.41) is 4.68. The maximum Gasteiger partial charge on any atom is 0.148 e. The summed E-state index contributed by atoms with van der Waals surface area (Å²) in [6.45, 7) is 9.40. The van der Waals surface area contributed by atoms with E-state index in [0.29, 0.717) is 0 Å². The lowest BCUT2D eigenvalue weighted by Crippen LogP contribution is -2.35. The average molecular weight is 389 g/mol. The van der Waals surface area contributed by atoms with E-state index >= 15 is 0 Å². The molecule has 2 rings (SSSR count). The molecule has 0 unspecified atom stereocenters. The Morgan fingerprint density at radius 1 is 1.21 bits per heavy atom. The first-order chi connectivity index (χ1) is 8.81. The molecule has 0 spiro atoms. The Hall–Kier alpha value is -0.320. The molecule has 0 saturated carbocycles. The lowest BCUT2D eigenvalue weighted by molar-refractivity contribution is 0.393. The fraction of sp³-hybridized carbons (Fsp3) is 0.467. The molecule has 0 radical (unpaired) electrons. The Bertz CT molecular complexity index is 596. The third-order valence-corrected chi connectivity index (χ3v) is 4.08. The standard InChI is InChI=1S/C15H19Br2NO/c1-5-10-11-6-9(16)7-12(17)14(11)19-13(10)8-18-15(2,3)4/h6-7,18H,5,8H2,1-4H3. The zero-order valence-electron chi connectivity index (χ0n) is 11.7. The largest absolute Gasteiger partial charge is 0.458 e. The second-order valence-electron chi connectivity index (χ2n) is 5.73. The number of hydrogen-bond donors (Lipinski definition) is 1. The summed E-state index contributed by atoms with van der Waals surface area (Å²) < 4.78 is 8.10. The summed E-state index contributed by atoms with van der Waals surface area (Å²) >= 11 is 7.11. The van der Waals surface area contributed by atoms with Crippen LogP contribution < -0.4 is 5.32 Å². The highest BCUT2D eigenvalue weighted by Crippen LogP contribution is 2.34. The van der Waals surface area contributed by atoms with Crippen LogP contribution in [0.1, 0.15) is 39.0 Å². The van der Waals surface area contributed by atoms with Crippen molar-refractivity contribution in [3.8, 4) is 0 Å². The maximum absolute atomic E-state index is 6.04. The highest BCUT2D eigenvalue weighted by atomic mass is 79.9. The maximum atomic E-state index is 6.04. The summed E-state index contributed by atoms with van der Waals surface area (Å²) in [6, 6.07) is 4.15. The molecule has 0 fully saturated rings. The molecule has 0 aliphatic carbocycles. The zero-order valence-corrected chi connectivity index (χ0v) is 14.9. The van der Waals surface area contributed by atoms with Gasteiger partial charge in [0.05, 0.1) is 11.0 Å². The first-order valence-electron chi connectivity index (χ1n) is 6.46. The number of rotatable bonds is 3. The Labute approximate surface area is 131 Å². The second kappa shape index (κ2) is 5.58. The van der Waals surface area contributed by atoms with Gasteiger partial charge >= 0.3 is 0 Å². The Balaban J connectivity index is 2.47. The highest BCUT2D eigenvalue weighted by molar-refractivity contribution is 9.11. The summed E-state index contributed by atoms with van der Waals surface area (Å²) in [4.78, 5) is 0. The summed E-state index contributed by atoms with van der Waals surface area (Å²) in [7, 11) is 0. The van der Waals surface area contributed by atoms with Gasteiger partial charge in [-0.15, -0.1) is 0 Å². The van der Waals surface area contributed by atoms with Gasteiger partial charge in [-0.3, -0.25) is 0 Å². The van der Waals surface area contributed by atoms with Crippen LogP contribution in [0, 0.1) is 0 Å². The molecular formula is C15H19Br2NO. The number of benzene rings is 1. The van der Waals surface area contributed by atoms with Crippen LogP contribution in [0.2, 0.25) is 0 Å². The van der Waals surface area contributed by atoms with Crippen LogP contribution in [0.5, 0.6) is 0 Å². The SMILES string of the molecule is CCc1c(CNC(C)(C)C)oc2c(Br)cc(Br)cc12. The van der Waals surface area contributed by atoms with Gasteiger partial charge in [-0.1, -0.05) is 22.9 Å². The number of hydrogen-bond acceptors (Lipinski definition) is 2. The monoisotopic (exact) mass is 387 g/mol. The molecule has 0 aliphatic rings. The zero-order chi connectivity index (χ0) is 14.2. The van der Waals surface area contributed by atoms with Crippen LogP contribution in [-0.4, -0.2) is 5.54 Å². The molecule has 1 aromatic heterocycles. The van der Waals surface area contributed by atoms with E-state index in [-0.39, 0.29) is 5.54 Å². The van der Waals surface area contributed by atoms with Gasteiger partial charge in [0.15, 0.2) is 0 Å². The first kappa shape index (κ1) is 15.1. The van der Waals surface area contributed by atoms with E-state index in [1.807, 2.05) is 6.07 Å². The van der Waals surface area contributed by atoms with Crippen molar-refractivity contribution in [1.29, 1.82) is 0 Å². The minimum absolute atomic E-state index is 0.0851. The van der Waals surface area contributed by atoms with Crippen LogP contribution >= 0.6 is 31.9 Å². The summed E-state index contributed by atoms with van der Waals surface area (Å²) in [5.41, 5.74) is 2.31. The Kier molecular flexibility index (Phi) is 4.43. The number of fused-ring (bicyclic) bond motifs is 1. The topological polar surface area (TPSA) is 25.2 Å². The van der Waals surface area contributed by atoms with Crippen molar-refractivity contribution in [1.82, 2.24) is 5.32 Å². The van der Waals surface area contributed by atoms with Crippen LogP contribution in [-0.2, 0) is 13.0 Å². The van der Waals surface area contributed by atoms with Gasteiger partial charge < -0.3 is 9.73 Å². The summed E-state index contributed by atoms with van der Waals surface area (Å²) in [6.07, 6.45) is 0.969. The molecule has 1 N–H and O–H groups in total. The van der Waals surface area contributed by atoms with Crippen molar-refractivity contribution in [3.05, 3.63) is 32.4 Å². The van der Waals surface area contributed by atoms with Crippen molar-refractivity contribution >= 4 is 42.8 Å². The van der Waals surface area contributed by atoms with Crippen LogP contribution in [0.25, 0.3) is 11.0 Å². The molecule has 0 aliphatic heterocycles. The molecule has 104 valence electrons. The van der Waals surface area contributed by atoms with Crippen LogP contribution in [0.15, 0.2) is 25.5 Å². The van der Waals surface area contributed by atoms with Crippen LogP contribution in [0.3, 0.4) is 0 Å². The number of furan rings is 1. The number of aryl methyl sites for hydroxylation is 1. The quantitative estimate of drug-likeness (QED) is 0.760. The van der Waals surface area contributed by atoms with E-state index in [2.05, 4.69) is 70.9 Å². The lowest BCUT2D eigenvalue weighted by Gasteiger charge is -2.19. The van der Waals surface area contributed by atoms with Crippen molar-refractivity contribution in [2.45, 2.75) is 46.2 Å². The van der Waals surface area contributed by atoms with Gasteiger partial charge in [-0.25, -0.2) is 0 Å². The molecule has 19 heavy (non-hydrogen) atoms. The molecule has 0 atom stereocenters. The Morgan fingerprint density at radius 3 is 2.47 bits per heavy atom. The molecule has 1 heterocycles. The molecule has 4 heteroatoms. The minimum Gasteiger partial charge on any atom is -0.458 e. The Morgan fingerprint density at radius 2 is 1.89 bits per heavy atom. The molecule has 0 saturated heterocycles. The number of halogens is 2. The third-order valence-electron chi connectivity index (χ3n) is 3.03. The van der Waals surface area contributed by atoms with Gasteiger partial charge in [0.1, 0.15) is 11.3 Å². The minimum atomic E-state index is 0.0851. The fourth-order valence-corrected chi connectivity index (χ4v) is 3.41. The lowest BCUT2D eigenvalue weighted by atomic mass is 10.1. The summed E-state index contributed by atoms with van der Waals surface area (Å²) in [5.74, 6) is 1.03. The molecule has 1 aromatic carbocycles. The highest BCUT2D eigenvalue weighted by Gasteiger charge is 2.17. The average Bonchev–Trinajstić information content (AvgIpc) is 2.63. The predicted molar refractivity (Wildman–Crippen MR) is 87.6 cm³/mol. The van der Waals surface area contributed by atoms with Gasteiger partial charge in [0.25, 0.3) is 0 Å². The van der Waals surface area contributed by atoms with E-state index in [9.17, 15) is 0 Å². The van der Waals surface area contributed by atoms with Gasteiger partial charge in [-0.2, -0.15) is 0 Å². The molecular weight excluding hydrogens is 370 g/mol. The third kappa shape index (κ3) is 3.41. The van der Waals surface area contributed by atoms with Crippen molar-refractivity contribution in [3.63, 3.8) is 0 Å².